The first-order chi connectivity index (χ1) is 13.6. The number of rotatable bonds is 7. The number of hydrogen-bond acceptors (Lipinski definition) is 4. The van der Waals surface area contributed by atoms with Gasteiger partial charge in [-0.15, -0.1) is 35.7 Å². The van der Waals surface area contributed by atoms with Crippen molar-refractivity contribution < 1.29 is 9.53 Å². The second-order valence-corrected chi connectivity index (χ2v) is 8.86. The van der Waals surface area contributed by atoms with Gasteiger partial charge < -0.3 is 19.9 Å². The van der Waals surface area contributed by atoms with Crippen LogP contribution < -0.4 is 5.32 Å². The van der Waals surface area contributed by atoms with Gasteiger partial charge in [0.25, 0.3) is 0 Å². The van der Waals surface area contributed by atoms with Gasteiger partial charge in [0, 0.05) is 56.9 Å². The van der Waals surface area contributed by atoms with Crippen LogP contribution in [-0.2, 0) is 9.53 Å². The zero-order chi connectivity index (χ0) is 19.8. The van der Waals surface area contributed by atoms with Crippen LogP contribution in [0.25, 0.3) is 0 Å². The summed E-state index contributed by atoms with van der Waals surface area (Å²) in [6.07, 6.45) is 2.25. The Morgan fingerprint density at radius 3 is 2.76 bits per heavy atom. The number of aliphatic imine (C=N–C) groups is 1. The smallest absolute Gasteiger partial charge is 0.243 e. The van der Waals surface area contributed by atoms with Crippen molar-refractivity contribution in [2.45, 2.75) is 17.7 Å². The zero-order valence-corrected chi connectivity index (χ0v) is 20.5. The molecule has 2 atom stereocenters. The number of halogens is 1. The molecule has 1 amide bonds. The molecule has 3 rings (SSSR count). The Labute approximate surface area is 195 Å². The van der Waals surface area contributed by atoms with Gasteiger partial charge in [0.05, 0.1) is 6.61 Å². The van der Waals surface area contributed by atoms with Crippen LogP contribution in [-0.4, -0.2) is 80.9 Å². The molecule has 0 aliphatic carbocycles. The predicted molar refractivity (Wildman–Crippen MR) is 130 cm³/mol. The van der Waals surface area contributed by atoms with Crippen molar-refractivity contribution in [1.29, 1.82) is 0 Å². The first-order valence-corrected chi connectivity index (χ1v) is 11.1. The molecule has 0 spiro atoms. The molecule has 1 N–H and O–H groups in total. The van der Waals surface area contributed by atoms with E-state index in [0.717, 1.165) is 57.4 Å². The summed E-state index contributed by atoms with van der Waals surface area (Å²) in [4.78, 5) is 21.9. The van der Waals surface area contributed by atoms with E-state index in [9.17, 15) is 4.79 Å². The van der Waals surface area contributed by atoms with Crippen LogP contribution in [0.3, 0.4) is 0 Å². The van der Waals surface area contributed by atoms with E-state index in [-0.39, 0.29) is 36.4 Å². The van der Waals surface area contributed by atoms with E-state index in [1.54, 1.807) is 19.0 Å². The van der Waals surface area contributed by atoms with Gasteiger partial charge in [-0.2, -0.15) is 0 Å². The van der Waals surface area contributed by atoms with E-state index < -0.39 is 0 Å². The second-order valence-electron chi connectivity index (χ2n) is 7.76. The summed E-state index contributed by atoms with van der Waals surface area (Å²) in [5.41, 5.74) is 0. The molecular formula is C21H33IN4O2S. The van der Waals surface area contributed by atoms with Crippen molar-refractivity contribution in [1.82, 2.24) is 15.1 Å². The van der Waals surface area contributed by atoms with E-state index in [1.807, 2.05) is 11.8 Å². The van der Waals surface area contributed by atoms with Crippen LogP contribution in [0, 0.1) is 11.8 Å². The molecule has 162 valence electrons. The highest BCUT2D eigenvalue weighted by atomic mass is 127. The summed E-state index contributed by atoms with van der Waals surface area (Å²) in [6, 6.07) is 10.6. The number of likely N-dealkylation sites (N-methyl/N-ethyl adjacent to an activating group) is 1. The number of ether oxygens (including phenoxy) is 1. The Balaban J connectivity index is 0.00000300. The van der Waals surface area contributed by atoms with Crippen molar-refractivity contribution in [2.75, 3.05) is 59.2 Å². The van der Waals surface area contributed by atoms with Crippen molar-refractivity contribution in [3.63, 3.8) is 0 Å². The topological polar surface area (TPSA) is 57.2 Å². The average molecular weight is 532 g/mol. The lowest BCUT2D eigenvalue weighted by molar-refractivity contribution is -0.127. The van der Waals surface area contributed by atoms with Crippen LogP contribution in [0.4, 0.5) is 0 Å². The minimum Gasteiger partial charge on any atom is -0.381 e. The van der Waals surface area contributed by atoms with Gasteiger partial charge >= 0.3 is 0 Å². The van der Waals surface area contributed by atoms with Gasteiger partial charge in [-0.1, -0.05) is 18.2 Å². The SMILES string of the molecule is CN(C)C(=O)CN=C(NCC1CCOC1)N1CCC(CSc2ccccc2)C1.I. The largest absolute Gasteiger partial charge is 0.381 e. The zero-order valence-electron chi connectivity index (χ0n) is 17.4. The molecular weight excluding hydrogens is 499 g/mol. The van der Waals surface area contributed by atoms with E-state index in [0.29, 0.717) is 11.8 Å². The molecule has 8 heteroatoms. The predicted octanol–water partition coefficient (Wildman–Crippen LogP) is 2.79. The summed E-state index contributed by atoms with van der Waals surface area (Å²) in [5, 5.41) is 3.51. The van der Waals surface area contributed by atoms with Crippen LogP contribution >= 0.6 is 35.7 Å². The van der Waals surface area contributed by atoms with Crippen LogP contribution in [0.1, 0.15) is 12.8 Å². The van der Waals surface area contributed by atoms with Crippen molar-refractivity contribution in [3.05, 3.63) is 30.3 Å². The highest BCUT2D eigenvalue weighted by Gasteiger charge is 2.26. The van der Waals surface area contributed by atoms with Crippen LogP contribution in [0.15, 0.2) is 40.2 Å². The number of carbonyl (C=O) groups is 1. The van der Waals surface area contributed by atoms with E-state index >= 15 is 0 Å². The Morgan fingerprint density at radius 2 is 2.07 bits per heavy atom. The van der Waals surface area contributed by atoms with Gasteiger partial charge in [0.1, 0.15) is 6.54 Å². The lowest BCUT2D eigenvalue weighted by atomic mass is 10.1. The highest BCUT2D eigenvalue weighted by molar-refractivity contribution is 14.0. The molecule has 29 heavy (non-hydrogen) atoms. The molecule has 2 aliphatic rings. The van der Waals surface area contributed by atoms with Gasteiger partial charge in [0.15, 0.2) is 5.96 Å². The number of nitrogens with zero attached hydrogens (tertiary/aromatic N) is 3. The first kappa shape index (κ1) is 24.3. The molecule has 2 saturated heterocycles. The maximum atomic E-state index is 12.0. The Morgan fingerprint density at radius 1 is 1.28 bits per heavy atom. The number of benzene rings is 1. The van der Waals surface area contributed by atoms with E-state index in [2.05, 4.69) is 45.5 Å². The maximum Gasteiger partial charge on any atom is 0.243 e. The first-order valence-electron chi connectivity index (χ1n) is 10.1. The Bertz CT molecular complexity index is 653. The lowest BCUT2D eigenvalue weighted by Gasteiger charge is -2.23. The van der Waals surface area contributed by atoms with Crippen LogP contribution in [0.5, 0.6) is 0 Å². The molecule has 0 saturated carbocycles. The van der Waals surface area contributed by atoms with Crippen molar-refractivity contribution in [2.24, 2.45) is 16.8 Å². The van der Waals surface area contributed by atoms with Gasteiger partial charge in [-0.3, -0.25) is 4.79 Å². The molecule has 0 radical (unpaired) electrons. The van der Waals surface area contributed by atoms with Crippen molar-refractivity contribution >= 4 is 47.6 Å². The third-order valence-electron chi connectivity index (χ3n) is 5.25. The lowest BCUT2D eigenvalue weighted by Crippen LogP contribution is -2.43. The fourth-order valence-corrected chi connectivity index (χ4v) is 4.47. The number of thioether (sulfide) groups is 1. The van der Waals surface area contributed by atoms with E-state index in [4.69, 9.17) is 4.74 Å². The average Bonchev–Trinajstić information content (AvgIpc) is 3.39. The number of carbonyl (C=O) groups excluding carboxylic acids is 1. The molecule has 6 nitrogen and oxygen atoms in total. The van der Waals surface area contributed by atoms with Crippen molar-refractivity contribution in [3.8, 4) is 0 Å². The molecule has 1 aromatic carbocycles. The normalized spacial score (nSPS) is 21.7. The third kappa shape index (κ3) is 7.97. The summed E-state index contributed by atoms with van der Waals surface area (Å²) in [5.74, 6) is 3.17. The standard InChI is InChI=1S/C21H32N4O2S.HI/c1-24(2)20(26)13-23-21(22-12-17-9-11-27-15-17)25-10-8-18(14-25)16-28-19-6-4-3-5-7-19;/h3-7,17-18H,8-16H2,1-2H3,(H,22,23);1H. The highest BCUT2D eigenvalue weighted by Crippen LogP contribution is 2.26. The third-order valence-corrected chi connectivity index (χ3v) is 6.49. The monoisotopic (exact) mass is 532 g/mol. The summed E-state index contributed by atoms with van der Waals surface area (Å²) < 4.78 is 5.48. The molecule has 2 aliphatic heterocycles. The molecule has 0 aromatic heterocycles. The molecule has 1 aromatic rings. The van der Waals surface area contributed by atoms with Gasteiger partial charge in [-0.25, -0.2) is 4.99 Å². The molecule has 2 fully saturated rings. The molecule has 0 bridgehead atoms. The minimum absolute atomic E-state index is 0. The fraction of sp³-hybridized carbons (Fsp3) is 0.619. The summed E-state index contributed by atoms with van der Waals surface area (Å²) >= 11 is 1.92. The maximum absolute atomic E-state index is 12.0. The summed E-state index contributed by atoms with van der Waals surface area (Å²) in [6.45, 7) is 4.69. The second kappa shape index (κ2) is 12.6. The molecule has 2 unspecified atom stereocenters. The minimum atomic E-state index is 0. The number of likely N-dealkylation sites (tertiary alicyclic amines) is 1. The van der Waals surface area contributed by atoms with Crippen LogP contribution in [0.2, 0.25) is 0 Å². The number of amides is 1. The Kier molecular flexibility index (Phi) is 10.6. The summed E-state index contributed by atoms with van der Waals surface area (Å²) in [7, 11) is 3.54. The molecule has 2 heterocycles. The number of nitrogens with one attached hydrogen (secondary N) is 1. The fourth-order valence-electron chi connectivity index (χ4n) is 3.42. The van der Waals surface area contributed by atoms with Gasteiger partial charge in [-0.05, 0) is 30.9 Å². The number of guanidine groups is 1. The number of hydrogen-bond donors (Lipinski definition) is 1. The van der Waals surface area contributed by atoms with Gasteiger partial charge in [0.2, 0.25) is 5.91 Å². The Hall–Kier alpha value is -1.000. The quantitative estimate of drug-likeness (QED) is 0.254. The van der Waals surface area contributed by atoms with E-state index in [1.165, 1.54) is 4.90 Å².